The number of hydrogen-bond donors (Lipinski definition) is 1. The van der Waals surface area contributed by atoms with Gasteiger partial charge in [-0.3, -0.25) is 0 Å². The normalized spacial score (nSPS) is 11.4. The van der Waals surface area contributed by atoms with E-state index >= 15 is 0 Å². The van der Waals surface area contributed by atoms with Crippen molar-refractivity contribution >= 4 is 21.4 Å². The molecular formula is C19H14ClFO3S. The summed E-state index contributed by atoms with van der Waals surface area (Å²) in [4.78, 5) is -0.315. The maximum absolute atomic E-state index is 14.2. The maximum Gasteiger partial charge on any atom is 0.186 e. The highest BCUT2D eigenvalue weighted by Gasteiger charge is 2.22. The Morgan fingerprint density at radius 1 is 0.920 bits per heavy atom. The van der Waals surface area contributed by atoms with Gasteiger partial charge in [0, 0.05) is 10.6 Å². The minimum Gasteiger partial charge on any atom is -0.507 e. The van der Waals surface area contributed by atoms with Gasteiger partial charge < -0.3 is 5.11 Å². The third-order valence-electron chi connectivity index (χ3n) is 3.76. The molecule has 0 spiro atoms. The summed E-state index contributed by atoms with van der Waals surface area (Å²) in [5, 5.41) is 9.99. The van der Waals surface area contributed by atoms with E-state index in [2.05, 4.69) is 0 Å². The Hall–Kier alpha value is -2.37. The van der Waals surface area contributed by atoms with Crippen molar-refractivity contribution in [3.8, 4) is 16.9 Å². The number of phenolic OH excluding ortho intramolecular Hbond substituents is 1. The van der Waals surface area contributed by atoms with Gasteiger partial charge in [0.15, 0.2) is 9.84 Å². The van der Waals surface area contributed by atoms with Crippen LogP contribution in [-0.4, -0.2) is 13.5 Å². The summed E-state index contributed by atoms with van der Waals surface area (Å²) in [5.41, 5.74) is 1.59. The number of aromatic hydroxyl groups is 1. The first kappa shape index (κ1) is 17.5. The van der Waals surface area contributed by atoms with Crippen molar-refractivity contribution < 1.29 is 17.9 Å². The van der Waals surface area contributed by atoms with E-state index in [0.29, 0.717) is 5.56 Å². The maximum atomic E-state index is 14.2. The van der Waals surface area contributed by atoms with E-state index in [1.165, 1.54) is 24.3 Å². The van der Waals surface area contributed by atoms with Crippen LogP contribution in [0.25, 0.3) is 11.1 Å². The molecule has 0 atom stereocenters. The molecule has 3 rings (SSSR count). The number of halogens is 2. The van der Waals surface area contributed by atoms with Gasteiger partial charge in [-0.2, -0.15) is 0 Å². The summed E-state index contributed by atoms with van der Waals surface area (Å²) in [5.74, 6) is -1.61. The first-order valence-electron chi connectivity index (χ1n) is 7.42. The second kappa shape index (κ2) is 6.86. The number of rotatable bonds is 4. The lowest BCUT2D eigenvalue weighted by molar-refractivity contribution is 0.458. The molecule has 0 bridgehead atoms. The third-order valence-corrected chi connectivity index (χ3v) is 5.68. The standard InChI is InChI=1S/C19H14ClFO3S/c20-16-7-9-18(22)19(11-16)25(23,24)12-15-10-14(6-8-17(15)21)13-4-2-1-3-5-13/h1-11,22H,12H2. The molecule has 25 heavy (non-hydrogen) atoms. The Morgan fingerprint density at radius 3 is 2.36 bits per heavy atom. The number of phenols is 1. The Labute approximate surface area is 150 Å². The molecule has 0 aliphatic rings. The highest BCUT2D eigenvalue weighted by molar-refractivity contribution is 7.90. The van der Waals surface area contributed by atoms with Crippen LogP contribution in [0.2, 0.25) is 5.02 Å². The van der Waals surface area contributed by atoms with Gasteiger partial charge in [-0.15, -0.1) is 0 Å². The minimum atomic E-state index is -3.96. The lowest BCUT2D eigenvalue weighted by Gasteiger charge is -2.10. The van der Waals surface area contributed by atoms with Gasteiger partial charge in [0.25, 0.3) is 0 Å². The molecule has 0 fully saturated rings. The average Bonchev–Trinajstić information content (AvgIpc) is 2.59. The molecule has 1 N–H and O–H groups in total. The number of hydrogen-bond acceptors (Lipinski definition) is 3. The molecule has 3 nitrogen and oxygen atoms in total. The van der Waals surface area contributed by atoms with E-state index < -0.39 is 27.2 Å². The van der Waals surface area contributed by atoms with E-state index in [9.17, 15) is 17.9 Å². The SMILES string of the molecule is O=S(=O)(Cc1cc(-c2ccccc2)ccc1F)c1cc(Cl)ccc1O. The molecule has 0 heterocycles. The van der Waals surface area contributed by atoms with Crippen LogP contribution in [0.3, 0.4) is 0 Å². The van der Waals surface area contributed by atoms with Crippen molar-refractivity contribution in [2.45, 2.75) is 10.6 Å². The van der Waals surface area contributed by atoms with Crippen LogP contribution >= 0.6 is 11.6 Å². The Kier molecular flexibility index (Phi) is 4.79. The van der Waals surface area contributed by atoms with Crippen LogP contribution < -0.4 is 0 Å². The summed E-state index contributed by atoms with van der Waals surface area (Å²) in [7, 11) is -3.96. The molecule has 0 saturated carbocycles. The molecular weight excluding hydrogens is 363 g/mol. The topological polar surface area (TPSA) is 54.4 Å². The Balaban J connectivity index is 2.01. The Morgan fingerprint density at radius 2 is 1.64 bits per heavy atom. The fourth-order valence-electron chi connectivity index (χ4n) is 2.52. The van der Waals surface area contributed by atoms with E-state index in [1.807, 2.05) is 30.3 Å². The van der Waals surface area contributed by atoms with Crippen molar-refractivity contribution in [3.63, 3.8) is 0 Å². The number of sulfone groups is 1. The smallest absolute Gasteiger partial charge is 0.186 e. The predicted molar refractivity (Wildman–Crippen MR) is 95.8 cm³/mol. The van der Waals surface area contributed by atoms with Gasteiger partial charge in [-0.05, 0) is 41.5 Å². The first-order chi connectivity index (χ1) is 11.9. The van der Waals surface area contributed by atoms with Gasteiger partial charge in [0.1, 0.15) is 16.5 Å². The van der Waals surface area contributed by atoms with Crippen LogP contribution in [0.1, 0.15) is 5.56 Å². The summed E-state index contributed by atoms with van der Waals surface area (Å²) in [6, 6.07) is 17.3. The molecule has 0 radical (unpaired) electrons. The summed E-state index contributed by atoms with van der Waals surface area (Å²) in [6.45, 7) is 0. The highest BCUT2D eigenvalue weighted by atomic mass is 35.5. The fraction of sp³-hybridized carbons (Fsp3) is 0.0526. The van der Waals surface area contributed by atoms with Crippen LogP contribution in [0.5, 0.6) is 5.75 Å². The van der Waals surface area contributed by atoms with Gasteiger partial charge >= 0.3 is 0 Å². The summed E-state index contributed by atoms with van der Waals surface area (Å²) < 4.78 is 39.3. The molecule has 0 unspecified atom stereocenters. The molecule has 0 aliphatic heterocycles. The van der Waals surface area contributed by atoms with Crippen molar-refractivity contribution in [2.24, 2.45) is 0 Å². The lowest BCUT2D eigenvalue weighted by Crippen LogP contribution is -2.07. The molecule has 6 heteroatoms. The van der Waals surface area contributed by atoms with Crippen LogP contribution in [-0.2, 0) is 15.6 Å². The predicted octanol–water partition coefficient (Wildman–Crippen LogP) is 4.83. The van der Waals surface area contributed by atoms with Crippen molar-refractivity contribution in [2.75, 3.05) is 0 Å². The van der Waals surface area contributed by atoms with E-state index in [-0.39, 0.29) is 15.5 Å². The minimum absolute atomic E-state index is 0.0285. The second-order valence-electron chi connectivity index (χ2n) is 5.54. The largest absolute Gasteiger partial charge is 0.507 e. The fourth-order valence-corrected chi connectivity index (χ4v) is 4.23. The molecule has 0 aliphatic carbocycles. The molecule has 3 aromatic carbocycles. The van der Waals surface area contributed by atoms with Crippen LogP contribution in [0, 0.1) is 5.82 Å². The summed E-state index contributed by atoms with van der Waals surface area (Å²) >= 11 is 5.81. The van der Waals surface area contributed by atoms with Crippen molar-refractivity contribution in [1.82, 2.24) is 0 Å². The van der Waals surface area contributed by atoms with Gasteiger partial charge in [0.2, 0.25) is 0 Å². The van der Waals surface area contributed by atoms with E-state index in [0.717, 1.165) is 11.6 Å². The van der Waals surface area contributed by atoms with Gasteiger partial charge in [-0.25, -0.2) is 12.8 Å². The van der Waals surface area contributed by atoms with Crippen LogP contribution in [0.15, 0.2) is 71.6 Å². The van der Waals surface area contributed by atoms with E-state index in [1.54, 1.807) is 6.07 Å². The number of benzene rings is 3. The monoisotopic (exact) mass is 376 g/mol. The molecule has 0 saturated heterocycles. The third kappa shape index (κ3) is 3.83. The first-order valence-corrected chi connectivity index (χ1v) is 9.45. The Bertz CT molecular complexity index is 1020. The van der Waals surface area contributed by atoms with Crippen LogP contribution in [0.4, 0.5) is 4.39 Å². The van der Waals surface area contributed by atoms with E-state index in [4.69, 9.17) is 11.6 Å². The van der Waals surface area contributed by atoms with Gasteiger partial charge in [-0.1, -0.05) is 48.0 Å². The molecule has 128 valence electrons. The van der Waals surface area contributed by atoms with Crippen molar-refractivity contribution in [3.05, 3.63) is 83.1 Å². The van der Waals surface area contributed by atoms with Crippen molar-refractivity contribution in [1.29, 1.82) is 0 Å². The highest BCUT2D eigenvalue weighted by Crippen LogP contribution is 2.30. The molecule has 0 aromatic heterocycles. The quantitative estimate of drug-likeness (QED) is 0.709. The second-order valence-corrected chi connectivity index (χ2v) is 7.94. The zero-order valence-electron chi connectivity index (χ0n) is 13.0. The zero-order chi connectivity index (χ0) is 18.0. The summed E-state index contributed by atoms with van der Waals surface area (Å²) in [6.07, 6.45) is 0. The molecule has 0 amide bonds. The zero-order valence-corrected chi connectivity index (χ0v) is 14.6. The lowest BCUT2D eigenvalue weighted by atomic mass is 10.0. The average molecular weight is 377 g/mol. The van der Waals surface area contributed by atoms with Gasteiger partial charge in [0.05, 0.1) is 5.75 Å². The molecule has 3 aromatic rings.